The Labute approximate surface area is 82.2 Å². The molecule has 0 aromatic heterocycles. The molecule has 1 aliphatic rings. The van der Waals surface area contributed by atoms with Crippen molar-refractivity contribution in [2.24, 2.45) is 4.99 Å². The molecule has 0 unspecified atom stereocenters. The van der Waals surface area contributed by atoms with Crippen LogP contribution in [-0.2, 0) is 9.05 Å². The molecule has 0 bridgehead atoms. The van der Waals surface area contributed by atoms with E-state index in [0.717, 1.165) is 18.4 Å². The second kappa shape index (κ2) is 4.07. The maximum Gasteiger partial charge on any atom is 0.278 e. The van der Waals surface area contributed by atoms with E-state index in [1.807, 2.05) is 13.0 Å². The Hall–Kier alpha value is -0.610. The van der Waals surface area contributed by atoms with Gasteiger partial charge in [-0.05, 0) is 18.9 Å². The third-order valence-corrected chi connectivity index (χ3v) is 2.92. The van der Waals surface area contributed by atoms with Crippen molar-refractivity contribution in [1.29, 1.82) is 0 Å². The van der Waals surface area contributed by atoms with Crippen molar-refractivity contribution in [2.45, 2.75) is 19.8 Å². The molecule has 0 radical (unpaired) electrons. The van der Waals surface area contributed by atoms with E-state index in [1.165, 1.54) is 12.3 Å². The summed E-state index contributed by atoms with van der Waals surface area (Å²) < 4.78 is 21.9. The van der Waals surface area contributed by atoms with Crippen molar-refractivity contribution in [3.05, 3.63) is 23.9 Å². The molecule has 0 saturated heterocycles. The predicted molar refractivity (Wildman–Crippen MR) is 54.3 cm³/mol. The third-order valence-electron chi connectivity index (χ3n) is 1.72. The van der Waals surface area contributed by atoms with Gasteiger partial charge in [-0.15, -0.1) is 0 Å². The summed E-state index contributed by atoms with van der Waals surface area (Å²) >= 11 is 0. The van der Waals surface area contributed by atoms with E-state index in [2.05, 4.69) is 4.99 Å². The summed E-state index contributed by atoms with van der Waals surface area (Å²) in [7, 11) is 1.47. The number of rotatable bonds is 1. The standard InChI is InChI=1S/C8H10ClNO2S/c1-2-7-4-3-5-10-8(6-7)13(9,11)12/h3,5-6H,2,4H2,1H3. The number of halogens is 1. The van der Waals surface area contributed by atoms with Gasteiger partial charge in [-0.3, -0.25) is 0 Å². The highest BCUT2D eigenvalue weighted by atomic mass is 35.7. The van der Waals surface area contributed by atoms with Gasteiger partial charge in [0.2, 0.25) is 0 Å². The van der Waals surface area contributed by atoms with Crippen LogP contribution in [0.5, 0.6) is 0 Å². The lowest BCUT2D eigenvalue weighted by Gasteiger charge is -1.98. The topological polar surface area (TPSA) is 46.5 Å². The molecule has 0 fully saturated rings. The molecular formula is C8H10ClNO2S. The predicted octanol–water partition coefficient (Wildman–Crippen LogP) is 2.21. The molecule has 0 N–H and O–H groups in total. The van der Waals surface area contributed by atoms with Crippen molar-refractivity contribution in [1.82, 2.24) is 0 Å². The molecule has 1 heterocycles. The second-order valence-electron chi connectivity index (χ2n) is 2.65. The first-order valence-corrected chi connectivity index (χ1v) is 6.22. The maximum absolute atomic E-state index is 11.0. The summed E-state index contributed by atoms with van der Waals surface area (Å²) in [5.41, 5.74) is 1.01. The fourth-order valence-corrected chi connectivity index (χ4v) is 1.73. The second-order valence-corrected chi connectivity index (χ2v) is 5.16. The van der Waals surface area contributed by atoms with E-state index in [-0.39, 0.29) is 5.04 Å². The van der Waals surface area contributed by atoms with Crippen LogP contribution in [0.15, 0.2) is 28.9 Å². The summed E-state index contributed by atoms with van der Waals surface area (Å²) in [6, 6.07) is 0. The van der Waals surface area contributed by atoms with Crippen LogP contribution < -0.4 is 0 Å². The molecule has 0 saturated carbocycles. The van der Waals surface area contributed by atoms with Crippen LogP contribution in [0.1, 0.15) is 19.8 Å². The number of allylic oxidation sites excluding steroid dienone is 2. The number of aliphatic imine (C=N–C) groups is 1. The van der Waals surface area contributed by atoms with E-state index in [4.69, 9.17) is 10.7 Å². The van der Waals surface area contributed by atoms with Crippen LogP contribution in [0.2, 0.25) is 0 Å². The minimum Gasteiger partial charge on any atom is -0.244 e. The highest BCUT2D eigenvalue weighted by Crippen LogP contribution is 2.14. The lowest BCUT2D eigenvalue weighted by Crippen LogP contribution is -2.04. The van der Waals surface area contributed by atoms with E-state index < -0.39 is 9.05 Å². The Morgan fingerprint density at radius 1 is 1.62 bits per heavy atom. The summed E-state index contributed by atoms with van der Waals surface area (Å²) in [6.45, 7) is 1.96. The fraction of sp³-hybridized carbons (Fsp3) is 0.375. The highest BCUT2D eigenvalue weighted by Gasteiger charge is 2.14. The zero-order chi connectivity index (χ0) is 9.90. The van der Waals surface area contributed by atoms with Gasteiger partial charge in [0.25, 0.3) is 9.05 Å². The van der Waals surface area contributed by atoms with Crippen LogP contribution in [-0.4, -0.2) is 13.5 Å². The average Bonchev–Trinajstić information content (AvgIpc) is 2.27. The monoisotopic (exact) mass is 219 g/mol. The smallest absolute Gasteiger partial charge is 0.244 e. The van der Waals surface area contributed by atoms with Gasteiger partial charge >= 0.3 is 0 Å². The van der Waals surface area contributed by atoms with E-state index in [0.29, 0.717) is 0 Å². The Morgan fingerprint density at radius 2 is 2.31 bits per heavy atom. The van der Waals surface area contributed by atoms with Crippen LogP contribution in [0, 0.1) is 0 Å². The average molecular weight is 220 g/mol. The minimum absolute atomic E-state index is 0.0697. The van der Waals surface area contributed by atoms with Gasteiger partial charge in [0.1, 0.15) is 0 Å². The Kier molecular flexibility index (Phi) is 3.27. The minimum atomic E-state index is -3.70. The van der Waals surface area contributed by atoms with Gasteiger partial charge in [0, 0.05) is 16.9 Å². The van der Waals surface area contributed by atoms with Crippen LogP contribution >= 0.6 is 10.7 Å². The molecule has 0 aliphatic carbocycles. The first-order valence-electron chi connectivity index (χ1n) is 3.91. The lowest BCUT2D eigenvalue weighted by molar-refractivity contribution is 0.619. The van der Waals surface area contributed by atoms with Gasteiger partial charge < -0.3 is 0 Å². The van der Waals surface area contributed by atoms with Gasteiger partial charge in [-0.25, -0.2) is 13.4 Å². The van der Waals surface area contributed by atoms with Gasteiger partial charge in [0.05, 0.1) is 0 Å². The normalized spacial score (nSPS) is 17.7. The zero-order valence-corrected chi connectivity index (χ0v) is 8.77. The molecule has 0 spiro atoms. The number of nitrogens with zero attached hydrogens (tertiary/aromatic N) is 1. The molecule has 0 aromatic carbocycles. The molecule has 72 valence electrons. The number of hydrogen-bond donors (Lipinski definition) is 0. The molecule has 0 amide bonds. The van der Waals surface area contributed by atoms with Crippen LogP contribution in [0.3, 0.4) is 0 Å². The fourth-order valence-electron chi connectivity index (χ4n) is 0.981. The van der Waals surface area contributed by atoms with Crippen molar-refractivity contribution in [2.75, 3.05) is 0 Å². The zero-order valence-electron chi connectivity index (χ0n) is 7.20. The lowest BCUT2D eigenvalue weighted by atomic mass is 10.1. The number of hydrogen-bond acceptors (Lipinski definition) is 3. The molecule has 0 atom stereocenters. The summed E-state index contributed by atoms with van der Waals surface area (Å²) in [5.74, 6) is 0. The summed E-state index contributed by atoms with van der Waals surface area (Å²) in [5, 5.41) is -0.0697. The SMILES string of the molecule is CCC1=CC(S(=O)(=O)Cl)=NC=CC1. The Balaban J connectivity index is 3.10. The van der Waals surface area contributed by atoms with E-state index >= 15 is 0 Å². The van der Waals surface area contributed by atoms with Crippen molar-refractivity contribution in [3.63, 3.8) is 0 Å². The Bertz CT molecular complexity index is 379. The maximum atomic E-state index is 11.0. The van der Waals surface area contributed by atoms with Gasteiger partial charge in [-0.2, -0.15) is 0 Å². The largest absolute Gasteiger partial charge is 0.278 e. The molecular weight excluding hydrogens is 210 g/mol. The first-order chi connectivity index (χ1) is 6.04. The van der Waals surface area contributed by atoms with Crippen molar-refractivity contribution < 1.29 is 8.42 Å². The molecule has 1 rings (SSSR count). The van der Waals surface area contributed by atoms with E-state index in [1.54, 1.807) is 0 Å². The molecule has 5 heteroatoms. The van der Waals surface area contributed by atoms with E-state index in [9.17, 15) is 8.42 Å². The first kappa shape index (κ1) is 10.5. The van der Waals surface area contributed by atoms with Crippen molar-refractivity contribution >= 4 is 24.8 Å². The summed E-state index contributed by atoms with van der Waals surface area (Å²) in [4.78, 5) is 3.73. The molecule has 3 nitrogen and oxygen atoms in total. The molecule has 0 aromatic rings. The summed E-state index contributed by atoms with van der Waals surface area (Å²) in [6.07, 6.45) is 6.34. The highest BCUT2D eigenvalue weighted by molar-refractivity contribution is 8.26. The van der Waals surface area contributed by atoms with Crippen molar-refractivity contribution in [3.8, 4) is 0 Å². The third kappa shape index (κ3) is 2.97. The van der Waals surface area contributed by atoms with Crippen LogP contribution in [0.4, 0.5) is 0 Å². The quantitative estimate of drug-likeness (QED) is 0.635. The molecule has 1 aliphatic heterocycles. The van der Waals surface area contributed by atoms with Gasteiger partial charge in [0.15, 0.2) is 5.04 Å². The molecule has 13 heavy (non-hydrogen) atoms. The van der Waals surface area contributed by atoms with Crippen LogP contribution in [0.25, 0.3) is 0 Å². The van der Waals surface area contributed by atoms with Gasteiger partial charge in [-0.1, -0.05) is 18.6 Å². The Morgan fingerprint density at radius 3 is 2.85 bits per heavy atom.